The second kappa shape index (κ2) is 7.70. The first-order valence-electron chi connectivity index (χ1n) is 8.19. The Hall–Kier alpha value is -1.72. The van der Waals surface area contributed by atoms with Crippen LogP contribution in [-0.2, 0) is 6.42 Å². The fourth-order valence-corrected chi connectivity index (χ4v) is 3.85. The van der Waals surface area contributed by atoms with Crippen molar-refractivity contribution in [3.63, 3.8) is 0 Å². The molecule has 23 heavy (non-hydrogen) atoms. The lowest BCUT2D eigenvalue weighted by Gasteiger charge is -2.20. The second-order valence-electron chi connectivity index (χ2n) is 6.06. The van der Waals surface area contributed by atoms with Crippen LogP contribution in [0.25, 0.3) is 0 Å². The van der Waals surface area contributed by atoms with E-state index < -0.39 is 0 Å². The molecule has 1 N–H and O–H groups in total. The smallest absolute Gasteiger partial charge is 0.273 e. The van der Waals surface area contributed by atoms with Gasteiger partial charge in [-0.05, 0) is 37.9 Å². The van der Waals surface area contributed by atoms with E-state index in [0.29, 0.717) is 18.2 Å². The minimum atomic E-state index is 0.0253. The highest BCUT2D eigenvalue weighted by molar-refractivity contribution is 7.09. The van der Waals surface area contributed by atoms with Crippen molar-refractivity contribution in [3.05, 3.63) is 52.0 Å². The predicted octanol–water partition coefficient (Wildman–Crippen LogP) is 2.92. The zero-order chi connectivity index (χ0) is 16.1. The fourth-order valence-electron chi connectivity index (χ4n) is 2.88. The molecule has 0 unspecified atom stereocenters. The molecule has 3 rings (SSSR count). The third-order valence-electron chi connectivity index (χ3n) is 4.35. The van der Waals surface area contributed by atoms with Crippen molar-refractivity contribution in [2.75, 3.05) is 26.7 Å². The third kappa shape index (κ3) is 4.18. The average Bonchev–Trinajstić information content (AvgIpc) is 3.11. The first-order valence-corrected chi connectivity index (χ1v) is 9.07. The number of carbonyl (C=O) groups is 1. The Balaban J connectivity index is 1.57. The van der Waals surface area contributed by atoms with Crippen LogP contribution >= 0.6 is 11.3 Å². The standard InChI is InChI=1S/C18H23N3OS/c1-21(12-9-14-5-3-2-4-6-14)18(22)16-13-23-17(20-16)15-7-10-19-11-8-15/h2-6,13,15,19H,7-12H2,1H3. The van der Waals surface area contributed by atoms with Crippen molar-refractivity contribution in [2.45, 2.75) is 25.2 Å². The number of thiazole rings is 1. The molecule has 0 spiro atoms. The lowest BCUT2D eigenvalue weighted by Crippen LogP contribution is -2.29. The van der Waals surface area contributed by atoms with Crippen LogP contribution in [0.3, 0.4) is 0 Å². The summed E-state index contributed by atoms with van der Waals surface area (Å²) in [5.74, 6) is 0.537. The van der Waals surface area contributed by atoms with Crippen molar-refractivity contribution < 1.29 is 4.79 Å². The van der Waals surface area contributed by atoms with Gasteiger partial charge in [0.1, 0.15) is 5.69 Å². The number of likely N-dealkylation sites (N-methyl/N-ethyl adjacent to an activating group) is 1. The van der Waals surface area contributed by atoms with Crippen LogP contribution in [0.4, 0.5) is 0 Å². The van der Waals surface area contributed by atoms with Gasteiger partial charge in [0, 0.05) is 24.9 Å². The van der Waals surface area contributed by atoms with Gasteiger partial charge in [-0.3, -0.25) is 4.79 Å². The highest BCUT2D eigenvalue weighted by Crippen LogP contribution is 2.28. The number of piperidine rings is 1. The summed E-state index contributed by atoms with van der Waals surface area (Å²) in [6.07, 6.45) is 3.10. The second-order valence-corrected chi connectivity index (χ2v) is 6.95. The summed E-state index contributed by atoms with van der Waals surface area (Å²) in [6.45, 7) is 2.80. The molecular weight excluding hydrogens is 306 g/mol. The molecule has 122 valence electrons. The molecule has 0 aliphatic carbocycles. The van der Waals surface area contributed by atoms with E-state index >= 15 is 0 Å². The minimum Gasteiger partial charge on any atom is -0.340 e. The number of benzene rings is 1. The lowest BCUT2D eigenvalue weighted by atomic mass is 9.99. The van der Waals surface area contributed by atoms with Crippen molar-refractivity contribution in [2.24, 2.45) is 0 Å². The van der Waals surface area contributed by atoms with Crippen molar-refractivity contribution in [1.82, 2.24) is 15.2 Å². The Kier molecular flexibility index (Phi) is 5.41. The Morgan fingerprint density at radius 2 is 2.04 bits per heavy atom. The zero-order valence-electron chi connectivity index (χ0n) is 13.5. The Morgan fingerprint density at radius 1 is 1.30 bits per heavy atom. The van der Waals surface area contributed by atoms with E-state index in [1.807, 2.05) is 30.6 Å². The summed E-state index contributed by atoms with van der Waals surface area (Å²) in [6, 6.07) is 10.3. The Morgan fingerprint density at radius 3 is 2.78 bits per heavy atom. The molecule has 4 nitrogen and oxygen atoms in total. The lowest BCUT2D eigenvalue weighted by molar-refractivity contribution is 0.0791. The van der Waals surface area contributed by atoms with Crippen LogP contribution in [0.5, 0.6) is 0 Å². The summed E-state index contributed by atoms with van der Waals surface area (Å²) < 4.78 is 0. The summed E-state index contributed by atoms with van der Waals surface area (Å²) in [4.78, 5) is 18.9. The van der Waals surface area contributed by atoms with Crippen LogP contribution in [-0.4, -0.2) is 42.5 Å². The number of hydrogen-bond donors (Lipinski definition) is 1. The maximum absolute atomic E-state index is 12.5. The van der Waals surface area contributed by atoms with Crippen LogP contribution < -0.4 is 5.32 Å². The van der Waals surface area contributed by atoms with E-state index in [9.17, 15) is 4.79 Å². The summed E-state index contributed by atoms with van der Waals surface area (Å²) in [5, 5.41) is 6.40. The SMILES string of the molecule is CN(CCc1ccccc1)C(=O)c1csc(C2CCNCC2)n1. The molecule has 1 aliphatic rings. The van der Waals surface area contributed by atoms with Crippen molar-refractivity contribution >= 4 is 17.2 Å². The van der Waals surface area contributed by atoms with E-state index in [1.54, 1.807) is 16.2 Å². The molecule has 2 aromatic rings. The van der Waals surface area contributed by atoms with Crippen LogP contribution in [0, 0.1) is 0 Å². The molecule has 0 saturated carbocycles. The average molecular weight is 329 g/mol. The van der Waals surface area contributed by atoms with E-state index in [2.05, 4.69) is 22.4 Å². The molecule has 2 heterocycles. The van der Waals surface area contributed by atoms with Gasteiger partial charge in [0.15, 0.2) is 0 Å². The minimum absolute atomic E-state index is 0.0253. The van der Waals surface area contributed by atoms with Gasteiger partial charge >= 0.3 is 0 Å². The molecule has 0 radical (unpaired) electrons. The summed E-state index contributed by atoms with van der Waals surface area (Å²) in [5.41, 5.74) is 1.85. The number of hydrogen-bond acceptors (Lipinski definition) is 4. The monoisotopic (exact) mass is 329 g/mol. The summed E-state index contributed by atoms with van der Waals surface area (Å²) >= 11 is 1.63. The van der Waals surface area contributed by atoms with Gasteiger partial charge < -0.3 is 10.2 Å². The molecule has 1 aliphatic heterocycles. The Bertz CT molecular complexity index is 635. The molecule has 1 saturated heterocycles. The van der Waals surface area contributed by atoms with Gasteiger partial charge in [-0.15, -0.1) is 11.3 Å². The van der Waals surface area contributed by atoms with E-state index in [4.69, 9.17) is 0 Å². The molecule has 5 heteroatoms. The van der Waals surface area contributed by atoms with Gasteiger partial charge in [0.05, 0.1) is 5.01 Å². The number of carbonyl (C=O) groups excluding carboxylic acids is 1. The normalized spacial score (nSPS) is 15.5. The number of aromatic nitrogens is 1. The predicted molar refractivity (Wildman–Crippen MR) is 94.1 cm³/mol. The molecule has 1 aromatic carbocycles. The van der Waals surface area contributed by atoms with Crippen molar-refractivity contribution in [1.29, 1.82) is 0 Å². The molecule has 1 aromatic heterocycles. The highest BCUT2D eigenvalue weighted by atomic mass is 32.1. The van der Waals surface area contributed by atoms with Crippen molar-refractivity contribution in [3.8, 4) is 0 Å². The quantitative estimate of drug-likeness (QED) is 0.917. The fraction of sp³-hybridized carbons (Fsp3) is 0.444. The summed E-state index contributed by atoms with van der Waals surface area (Å²) in [7, 11) is 1.86. The Labute approximate surface area is 141 Å². The number of nitrogens with one attached hydrogen (secondary N) is 1. The van der Waals surface area contributed by atoms with Gasteiger partial charge in [0.2, 0.25) is 0 Å². The number of rotatable bonds is 5. The molecular formula is C18H23N3OS. The largest absolute Gasteiger partial charge is 0.340 e. The molecule has 0 bridgehead atoms. The van der Waals surface area contributed by atoms with Crippen LogP contribution in [0.1, 0.15) is 39.8 Å². The van der Waals surface area contributed by atoms with Gasteiger partial charge in [0.25, 0.3) is 5.91 Å². The third-order valence-corrected chi connectivity index (χ3v) is 5.36. The molecule has 0 atom stereocenters. The maximum Gasteiger partial charge on any atom is 0.273 e. The van der Waals surface area contributed by atoms with Gasteiger partial charge in [-0.25, -0.2) is 4.98 Å². The zero-order valence-corrected chi connectivity index (χ0v) is 14.3. The van der Waals surface area contributed by atoms with Crippen LogP contribution in [0.2, 0.25) is 0 Å². The number of nitrogens with zero attached hydrogens (tertiary/aromatic N) is 2. The van der Waals surface area contributed by atoms with Crippen LogP contribution in [0.15, 0.2) is 35.7 Å². The first kappa shape index (κ1) is 16.1. The molecule has 1 amide bonds. The van der Waals surface area contributed by atoms with E-state index in [0.717, 1.165) is 37.4 Å². The van der Waals surface area contributed by atoms with Gasteiger partial charge in [-0.2, -0.15) is 0 Å². The molecule has 1 fully saturated rings. The first-order chi connectivity index (χ1) is 11.2. The van der Waals surface area contributed by atoms with E-state index in [1.165, 1.54) is 5.56 Å². The number of amides is 1. The highest BCUT2D eigenvalue weighted by Gasteiger charge is 2.21. The maximum atomic E-state index is 12.5. The topological polar surface area (TPSA) is 45.2 Å². The van der Waals surface area contributed by atoms with Gasteiger partial charge in [-0.1, -0.05) is 30.3 Å². The van der Waals surface area contributed by atoms with E-state index in [-0.39, 0.29) is 5.91 Å².